The molecule has 0 radical (unpaired) electrons. The van der Waals surface area contributed by atoms with Gasteiger partial charge in [0.1, 0.15) is 0 Å². The van der Waals surface area contributed by atoms with Crippen LogP contribution in [0.3, 0.4) is 0 Å². The highest BCUT2D eigenvalue weighted by atomic mass is 32.1. The maximum absolute atomic E-state index is 12.4. The summed E-state index contributed by atoms with van der Waals surface area (Å²) < 4.78 is 0. The first-order valence-corrected chi connectivity index (χ1v) is 8.61. The van der Waals surface area contributed by atoms with Crippen LogP contribution in [0, 0.1) is 6.92 Å². The van der Waals surface area contributed by atoms with Crippen molar-refractivity contribution >= 4 is 27.9 Å². The summed E-state index contributed by atoms with van der Waals surface area (Å²) in [6, 6.07) is 7.41. The largest absolute Gasteiger partial charge is 0.294 e. The Kier molecular flexibility index (Phi) is 4.03. The van der Waals surface area contributed by atoms with E-state index in [-0.39, 0.29) is 12.2 Å². The summed E-state index contributed by atoms with van der Waals surface area (Å²) in [4.78, 5) is 30.5. The van der Waals surface area contributed by atoms with Gasteiger partial charge < -0.3 is 0 Å². The summed E-state index contributed by atoms with van der Waals surface area (Å²) in [6.45, 7) is 1.97. The first-order chi connectivity index (χ1) is 12.2. The fraction of sp³-hybridized carbons (Fsp3) is 0.105. The van der Waals surface area contributed by atoms with Crippen LogP contribution >= 0.6 is 11.3 Å². The monoisotopic (exact) mass is 346 g/mol. The van der Waals surface area contributed by atoms with Crippen LogP contribution in [0.1, 0.15) is 21.1 Å². The molecule has 0 saturated heterocycles. The van der Waals surface area contributed by atoms with E-state index in [1.807, 2.05) is 25.3 Å². The van der Waals surface area contributed by atoms with Gasteiger partial charge in [0.2, 0.25) is 0 Å². The van der Waals surface area contributed by atoms with E-state index in [4.69, 9.17) is 0 Å². The molecule has 0 amide bonds. The van der Waals surface area contributed by atoms with E-state index in [2.05, 4.69) is 19.9 Å². The Morgan fingerprint density at radius 3 is 2.56 bits per heavy atom. The lowest BCUT2D eigenvalue weighted by molar-refractivity contribution is 0.0992. The summed E-state index contributed by atoms with van der Waals surface area (Å²) in [5.41, 5.74) is 2.27. The number of hydrogen-bond acceptors (Lipinski definition) is 6. The van der Waals surface area contributed by atoms with Gasteiger partial charge in [-0.2, -0.15) is 0 Å². The van der Waals surface area contributed by atoms with Crippen LogP contribution in [-0.4, -0.2) is 25.7 Å². The van der Waals surface area contributed by atoms with Crippen LogP contribution < -0.4 is 0 Å². The number of hydrogen-bond donors (Lipinski definition) is 0. The molecule has 5 nitrogen and oxygen atoms in total. The minimum atomic E-state index is 0.0293. The molecule has 25 heavy (non-hydrogen) atoms. The first-order valence-electron chi connectivity index (χ1n) is 7.80. The maximum atomic E-state index is 12.4. The molecule has 0 fully saturated rings. The topological polar surface area (TPSA) is 68.6 Å². The molecule has 0 saturated carbocycles. The van der Waals surface area contributed by atoms with Crippen LogP contribution in [0.5, 0.6) is 0 Å². The molecule has 0 aliphatic rings. The molecular weight excluding hydrogens is 332 g/mol. The second kappa shape index (κ2) is 6.49. The lowest BCUT2D eigenvalue weighted by Gasteiger charge is -2.04. The molecule has 0 atom stereocenters. The number of aryl methyl sites for hydroxylation is 1. The van der Waals surface area contributed by atoms with Crippen molar-refractivity contribution in [2.24, 2.45) is 0 Å². The standard InChI is InChI=1S/C19H14N4OS/c1-12-21-11-19(25-12)17-7-14-6-16(22-9-15(14)10-23-17)8-18(24)13-2-4-20-5-3-13/h2-7,9-11H,8H2,1H3. The zero-order chi connectivity index (χ0) is 17.2. The summed E-state index contributed by atoms with van der Waals surface area (Å²) in [7, 11) is 0. The number of aromatic nitrogens is 4. The average molecular weight is 346 g/mol. The Bertz CT molecular complexity index is 1060. The molecule has 6 heteroatoms. The van der Waals surface area contributed by atoms with Crippen LogP contribution in [0.15, 0.2) is 55.2 Å². The van der Waals surface area contributed by atoms with E-state index in [0.29, 0.717) is 5.56 Å². The Labute approximate surface area is 148 Å². The van der Waals surface area contributed by atoms with Gasteiger partial charge in [-0.25, -0.2) is 4.98 Å². The molecule has 0 N–H and O–H groups in total. The number of carbonyl (C=O) groups excluding carboxylic acids is 1. The van der Waals surface area contributed by atoms with Gasteiger partial charge in [-0.3, -0.25) is 19.7 Å². The third-order valence-electron chi connectivity index (χ3n) is 3.88. The average Bonchev–Trinajstić information content (AvgIpc) is 3.08. The van der Waals surface area contributed by atoms with Crippen molar-refractivity contribution < 1.29 is 4.79 Å². The Morgan fingerprint density at radius 2 is 1.80 bits per heavy atom. The predicted octanol–water partition coefficient (Wildman–Crippen LogP) is 3.88. The molecule has 0 aliphatic carbocycles. The lowest BCUT2D eigenvalue weighted by Crippen LogP contribution is -2.05. The van der Waals surface area contributed by atoms with Crippen molar-refractivity contribution in [3.05, 3.63) is 71.5 Å². The van der Waals surface area contributed by atoms with Crippen molar-refractivity contribution in [2.75, 3.05) is 0 Å². The summed E-state index contributed by atoms with van der Waals surface area (Å²) in [5, 5.41) is 2.98. The van der Waals surface area contributed by atoms with E-state index in [1.54, 1.807) is 48.3 Å². The van der Waals surface area contributed by atoms with Crippen molar-refractivity contribution in [3.8, 4) is 10.6 Å². The number of fused-ring (bicyclic) bond motifs is 1. The molecule has 0 bridgehead atoms. The molecule has 4 aromatic rings. The zero-order valence-electron chi connectivity index (χ0n) is 13.5. The fourth-order valence-corrected chi connectivity index (χ4v) is 3.34. The minimum absolute atomic E-state index is 0.0293. The van der Waals surface area contributed by atoms with Crippen LogP contribution in [-0.2, 0) is 6.42 Å². The van der Waals surface area contributed by atoms with Gasteiger partial charge in [0.15, 0.2) is 5.78 Å². The summed E-state index contributed by atoms with van der Waals surface area (Å²) in [5.74, 6) is 0.0293. The second-order valence-electron chi connectivity index (χ2n) is 5.67. The second-order valence-corrected chi connectivity index (χ2v) is 6.91. The molecule has 4 heterocycles. The number of carbonyl (C=O) groups is 1. The van der Waals surface area contributed by atoms with Crippen molar-refractivity contribution in [3.63, 3.8) is 0 Å². The maximum Gasteiger partial charge on any atom is 0.168 e. The lowest BCUT2D eigenvalue weighted by atomic mass is 10.1. The third kappa shape index (κ3) is 3.29. The zero-order valence-corrected chi connectivity index (χ0v) is 14.3. The van der Waals surface area contributed by atoms with Crippen molar-refractivity contribution in [1.29, 1.82) is 0 Å². The van der Waals surface area contributed by atoms with Gasteiger partial charge >= 0.3 is 0 Å². The van der Waals surface area contributed by atoms with Crippen molar-refractivity contribution in [2.45, 2.75) is 13.3 Å². The van der Waals surface area contributed by atoms with E-state index in [0.717, 1.165) is 32.0 Å². The highest BCUT2D eigenvalue weighted by molar-refractivity contribution is 7.15. The summed E-state index contributed by atoms with van der Waals surface area (Å²) in [6.07, 6.45) is 8.91. The third-order valence-corrected chi connectivity index (χ3v) is 4.81. The minimum Gasteiger partial charge on any atom is -0.294 e. The van der Waals surface area contributed by atoms with Crippen molar-refractivity contribution in [1.82, 2.24) is 19.9 Å². The van der Waals surface area contributed by atoms with Gasteiger partial charge in [-0.15, -0.1) is 11.3 Å². The highest BCUT2D eigenvalue weighted by Crippen LogP contribution is 2.26. The molecule has 0 spiro atoms. The Morgan fingerprint density at radius 1 is 1.00 bits per heavy atom. The number of rotatable bonds is 4. The van der Waals surface area contributed by atoms with E-state index in [1.165, 1.54) is 0 Å². The predicted molar refractivity (Wildman–Crippen MR) is 97.7 cm³/mol. The van der Waals surface area contributed by atoms with Gasteiger partial charge in [-0.1, -0.05) is 0 Å². The van der Waals surface area contributed by atoms with Crippen LogP contribution in [0.25, 0.3) is 21.3 Å². The highest BCUT2D eigenvalue weighted by Gasteiger charge is 2.10. The Balaban J connectivity index is 1.66. The van der Waals surface area contributed by atoms with Gasteiger partial charge in [0.05, 0.1) is 22.0 Å². The quantitative estimate of drug-likeness (QED) is 0.525. The van der Waals surface area contributed by atoms with Crippen LogP contribution in [0.4, 0.5) is 0 Å². The Hall–Kier alpha value is -2.99. The fourth-order valence-electron chi connectivity index (χ4n) is 2.60. The van der Waals surface area contributed by atoms with Crippen LogP contribution in [0.2, 0.25) is 0 Å². The SMILES string of the molecule is Cc1ncc(-c2cc3cc(CC(=O)c4ccncc4)ncc3cn2)s1. The molecule has 4 rings (SSSR count). The number of ketones is 1. The molecule has 0 aliphatic heterocycles. The number of pyridine rings is 3. The number of nitrogens with zero attached hydrogens (tertiary/aromatic N) is 4. The number of thiazole rings is 1. The number of Topliss-reactive ketones (excluding diaryl/α,β-unsaturated/α-hetero) is 1. The molecular formula is C19H14N4OS. The molecule has 4 aromatic heterocycles. The molecule has 0 aromatic carbocycles. The normalized spacial score (nSPS) is 10.9. The van der Waals surface area contributed by atoms with Gasteiger partial charge in [-0.05, 0) is 36.6 Å². The van der Waals surface area contributed by atoms with Gasteiger partial charge in [0, 0.05) is 47.6 Å². The van der Waals surface area contributed by atoms with Gasteiger partial charge in [0.25, 0.3) is 0 Å². The molecule has 0 unspecified atom stereocenters. The molecule has 122 valence electrons. The van der Waals surface area contributed by atoms with E-state index < -0.39 is 0 Å². The van der Waals surface area contributed by atoms with E-state index in [9.17, 15) is 4.79 Å². The first kappa shape index (κ1) is 15.5. The smallest absolute Gasteiger partial charge is 0.168 e. The summed E-state index contributed by atoms with van der Waals surface area (Å²) >= 11 is 1.61. The van der Waals surface area contributed by atoms with E-state index >= 15 is 0 Å².